The van der Waals surface area contributed by atoms with Gasteiger partial charge in [-0.2, -0.15) is 13.5 Å². The van der Waals surface area contributed by atoms with E-state index in [1.807, 2.05) is 24.3 Å². The third-order valence-electron chi connectivity index (χ3n) is 4.91. The quantitative estimate of drug-likeness (QED) is 0.177. The zero-order chi connectivity index (χ0) is 23.7. The number of halogens is 2. The zero-order valence-corrected chi connectivity index (χ0v) is 20.3. The molecule has 0 bridgehead atoms. The van der Waals surface area contributed by atoms with Crippen LogP contribution in [0.1, 0.15) is 36.0 Å². The Morgan fingerprint density at radius 2 is 1.81 bits per heavy atom. The Balaban J connectivity index is 1.91. The standard InChI is InChI=1S/C22H26Cl2N4O3S/c1-16-19(23)10-11-20(22(16)24)28(15-32(30)31)12-4-3-5-21(29)27(2)14-18-8-6-17(7-9-18)13-26-25/h6-11,13,15H,3-5,12,14,25H2,1-2H3. The topological polar surface area (TPSA) is 96.1 Å². The first-order valence-corrected chi connectivity index (χ1v) is 11.8. The lowest BCUT2D eigenvalue weighted by Gasteiger charge is -2.22. The van der Waals surface area contributed by atoms with E-state index in [0.717, 1.165) is 16.6 Å². The maximum absolute atomic E-state index is 12.5. The van der Waals surface area contributed by atoms with Crippen LogP contribution in [0.4, 0.5) is 5.69 Å². The molecule has 0 saturated carbocycles. The van der Waals surface area contributed by atoms with Crippen LogP contribution in [0.5, 0.6) is 0 Å². The molecule has 0 atom stereocenters. The molecule has 7 nitrogen and oxygen atoms in total. The fourth-order valence-corrected chi connectivity index (χ4v) is 4.02. The monoisotopic (exact) mass is 496 g/mol. The van der Waals surface area contributed by atoms with Crippen molar-refractivity contribution >= 4 is 56.8 Å². The van der Waals surface area contributed by atoms with Crippen molar-refractivity contribution in [1.29, 1.82) is 0 Å². The van der Waals surface area contributed by atoms with Gasteiger partial charge < -0.3 is 15.6 Å². The predicted molar refractivity (Wildman–Crippen MR) is 132 cm³/mol. The van der Waals surface area contributed by atoms with Crippen molar-refractivity contribution in [2.24, 2.45) is 10.9 Å². The third-order valence-corrected chi connectivity index (χ3v) is 6.22. The summed E-state index contributed by atoms with van der Waals surface area (Å²) in [6.07, 6.45) is 3.13. The Hall–Kier alpha value is -2.55. The molecule has 2 N–H and O–H groups in total. The molecule has 32 heavy (non-hydrogen) atoms. The lowest BCUT2D eigenvalue weighted by molar-refractivity contribution is -0.130. The Labute approximate surface area is 199 Å². The minimum Gasteiger partial charge on any atom is -0.341 e. The molecular formula is C22H26Cl2N4O3S. The minimum atomic E-state index is -2.39. The second-order valence-electron chi connectivity index (χ2n) is 7.29. The first-order valence-electron chi connectivity index (χ1n) is 9.93. The fraction of sp³-hybridized carbons (Fsp3) is 0.318. The number of nitrogens with zero attached hydrogens (tertiary/aromatic N) is 3. The first kappa shape index (κ1) is 25.7. The average Bonchev–Trinajstić information content (AvgIpc) is 2.75. The SMILES string of the molecule is Cc1c(Cl)ccc(N(C=S(=O)=O)CCCCC(=O)N(C)Cc2ccc(C=NN)cc2)c1Cl. The van der Waals surface area contributed by atoms with E-state index >= 15 is 0 Å². The summed E-state index contributed by atoms with van der Waals surface area (Å²) in [7, 11) is -0.636. The number of hydrazone groups is 1. The van der Waals surface area contributed by atoms with Crippen LogP contribution >= 0.6 is 23.2 Å². The van der Waals surface area contributed by atoms with Gasteiger partial charge in [0.1, 0.15) is 5.49 Å². The second kappa shape index (κ2) is 12.5. The molecule has 0 saturated heterocycles. The molecular weight excluding hydrogens is 471 g/mol. The van der Waals surface area contributed by atoms with Gasteiger partial charge in [0.25, 0.3) is 0 Å². The van der Waals surface area contributed by atoms with E-state index in [2.05, 4.69) is 5.10 Å². The van der Waals surface area contributed by atoms with Crippen molar-refractivity contribution < 1.29 is 13.2 Å². The number of hydrogen-bond donors (Lipinski definition) is 1. The molecule has 10 heteroatoms. The Morgan fingerprint density at radius 1 is 1.12 bits per heavy atom. The van der Waals surface area contributed by atoms with Gasteiger partial charge >= 0.3 is 0 Å². The molecule has 1 amide bonds. The van der Waals surface area contributed by atoms with Crippen molar-refractivity contribution in [3.05, 3.63) is 63.1 Å². The largest absolute Gasteiger partial charge is 0.341 e. The van der Waals surface area contributed by atoms with E-state index in [1.165, 1.54) is 0 Å². The molecule has 0 radical (unpaired) electrons. The maximum Gasteiger partial charge on any atom is 0.230 e. The lowest BCUT2D eigenvalue weighted by atomic mass is 10.1. The van der Waals surface area contributed by atoms with E-state index in [0.29, 0.717) is 53.6 Å². The number of rotatable bonds is 10. The predicted octanol–water partition coefficient (Wildman–Crippen LogP) is 3.87. The average molecular weight is 497 g/mol. The number of unbranched alkanes of at least 4 members (excludes halogenated alkanes) is 1. The fourth-order valence-electron chi connectivity index (χ4n) is 3.11. The normalized spacial score (nSPS) is 10.9. The van der Waals surface area contributed by atoms with Gasteiger partial charge in [-0.05, 0) is 48.6 Å². The Kier molecular flexibility index (Phi) is 10.0. The van der Waals surface area contributed by atoms with E-state index in [4.69, 9.17) is 29.0 Å². The molecule has 2 aromatic rings. The van der Waals surface area contributed by atoms with Gasteiger partial charge in [-0.25, -0.2) is 0 Å². The zero-order valence-electron chi connectivity index (χ0n) is 18.0. The lowest BCUT2D eigenvalue weighted by Crippen LogP contribution is -2.27. The highest BCUT2D eigenvalue weighted by Crippen LogP contribution is 2.33. The number of hydrogen-bond acceptors (Lipinski definition) is 5. The molecule has 0 fully saturated rings. The van der Waals surface area contributed by atoms with Crippen LogP contribution in [0.2, 0.25) is 10.0 Å². The van der Waals surface area contributed by atoms with Gasteiger partial charge in [0.15, 0.2) is 0 Å². The molecule has 0 heterocycles. The van der Waals surface area contributed by atoms with Crippen molar-refractivity contribution in [2.45, 2.75) is 32.7 Å². The van der Waals surface area contributed by atoms with E-state index in [9.17, 15) is 13.2 Å². The molecule has 0 aliphatic carbocycles. The molecule has 172 valence electrons. The second-order valence-corrected chi connectivity index (χ2v) is 8.81. The van der Waals surface area contributed by atoms with E-state index in [-0.39, 0.29) is 5.91 Å². The van der Waals surface area contributed by atoms with Crippen LogP contribution in [0.15, 0.2) is 41.5 Å². The molecule has 0 aliphatic rings. The number of amides is 1. The summed E-state index contributed by atoms with van der Waals surface area (Å²) in [5, 5.41) is 4.40. The number of anilines is 1. The van der Waals surface area contributed by atoms with Crippen molar-refractivity contribution in [3.8, 4) is 0 Å². The first-order chi connectivity index (χ1) is 15.2. The summed E-state index contributed by atoms with van der Waals surface area (Å²) >= 11 is 12.4. The van der Waals surface area contributed by atoms with Crippen LogP contribution < -0.4 is 10.7 Å². The van der Waals surface area contributed by atoms with Gasteiger partial charge in [-0.1, -0.05) is 47.5 Å². The van der Waals surface area contributed by atoms with Crippen LogP contribution in [0, 0.1) is 6.92 Å². The minimum absolute atomic E-state index is 0.0147. The van der Waals surface area contributed by atoms with Crippen LogP contribution in [-0.2, 0) is 21.6 Å². The number of carbonyl (C=O) groups excluding carboxylic acids is 1. The molecule has 0 spiro atoms. The summed E-state index contributed by atoms with van der Waals surface area (Å²) in [5.74, 6) is 5.16. The summed E-state index contributed by atoms with van der Waals surface area (Å²) in [6.45, 7) is 2.66. The van der Waals surface area contributed by atoms with Gasteiger partial charge in [0.2, 0.25) is 16.2 Å². The molecule has 2 aromatic carbocycles. The maximum atomic E-state index is 12.5. The Bertz CT molecular complexity index is 1090. The van der Waals surface area contributed by atoms with Crippen molar-refractivity contribution in [3.63, 3.8) is 0 Å². The van der Waals surface area contributed by atoms with Crippen LogP contribution in [0.3, 0.4) is 0 Å². The van der Waals surface area contributed by atoms with E-state index in [1.54, 1.807) is 42.1 Å². The summed E-state index contributed by atoms with van der Waals surface area (Å²) < 4.78 is 22.5. The van der Waals surface area contributed by atoms with Crippen LogP contribution in [0.25, 0.3) is 0 Å². The molecule has 0 unspecified atom stereocenters. The highest BCUT2D eigenvalue weighted by Gasteiger charge is 2.14. The smallest absolute Gasteiger partial charge is 0.230 e. The number of nitrogens with two attached hydrogens (primary N) is 1. The molecule has 0 aliphatic heterocycles. The van der Waals surface area contributed by atoms with Gasteiger partial charge in [0, 0.05) is 31.6 Å². The third kappa shape index (κ3) is 7.55. The molecule has 2 rings (SSSR count). The highest BCUT2D eigenvalue weighted by molar-refractivity contribution is 7.71. The van der Waals surface area contributed by atoms with Crippen LogP contribution in [-0.4, -0.2) is 44.5 Å². The molecule has 0 aromatic heterocycles. The van der Waals surface area contributed by atoms with Crippen molar-refractivity contribution in [1.82, 2.24) is 4.90 Å². The Morgan fingerprint density at radius 3 is 2.44 bits per heavy atom. The van der Waals surface area contributed by atoms with Gasteiger partial charge in [-0.3, -0.25) is 4.79 Å². The summed E-state index contributed by atoms with van der Waals surface area (Å²) in [6, 6.07) is 11.0. The van der Waals surface area contributed by atoms with Crippen molar-refractivity contribution in [2.75, 3.05) is 18.5 Å². The highest BCUT2D eigenvalue weighted by atomic mass is 35.5. The number of carbonyl (C=O) groups is 1. The summed E-state index contributed by atoms with van der Waals surface area (Å²) in [5.41, 5.74) is 4.22. The van der Waals surface area contributed by atoms with Gasteiger partial charge in [-0.15, -0.1) is 0 Å². The van der Waals surface area contributed by atoms with E-state index < -0.39 is 10.3 Å². The number of benzene rings is 2. The van der Waals surface area contributed by atoms with Gasteiger partial charge in [0.05, 0.1) is 16.9 Å². The summed E-state index contributed by atoms with van der Waals surface area (Å²) in [4.78, 5) is 15.7.